The van der Waals surface area contributed by atoms with E-state index in [0.29, 0.717) is 18.7 Å². The smallest absolute Gasteiger partial charge is 0.165 e. The van der Waals surface area contributed by atoms with Crippen molar-refractivity contribution in [3.63, 3.8) is 0 Å². The highest BCUT2D eigenvalue weighted by atomic mass is 19.1. The summed E-state index contributed by atoms with van der Waals surface area (Å²) in [6.45, 7) is 1.69. The van der Waals surface area contributed by atoms with E-state index in [4.69, 9.17) is 10.5 Å². The van der Waals surface area contributed by atoms with Crippen LogP contribution in [0.1, 0.15) is 12.0 Å². The van der Waals surface area contributed by atoms with Crippen molar-refractivity contribution >= 4 is 0 Å². The van der Waals surface area contributed by atoms with Crippen LogP contribution in [0.4, 0.5) is 8.78 Å². The number of hydrogen-bond acceptors (Lipinski definition) is 3. The van der Waals surface area contributed by atoms with E-state index in [-0.39, 0.29) is 5.75 Å². The van der Waals surface area contributed by atoms with E-state index in [1.165, 1.54) is 13.2 Å². The van der Waals surface area contributed by atoms with Crippen molar-refractivity contribution in [2.75, 3.05) is 27.2 Å². The van der Waals surface area contributed by atoms with Crippen molar-refractivity contribution in [3.05, 3.63) is 29.3 Å². The Hall–Kier alpha value is -1.20. The van der Waals surface area contributed by atoms with Gasteiger partial charge in [0, 0.05) is 18.2 Å². The molecule has 0 aromatic heterocycles. The molecule has 0 spiro atoms. The first-order valence-corrected chi connectivity index (χ1v) is 5.49. The normalized spacial score (nSPS) is 10.9. The van der Waals surface area contributed by atoms with E-state index in [9.17, 15) is 8.78 Å². The van der Waals surface area contributed by atoms with Gasteiger partial charge in [-0.1, -0.05) is 0 Å². The zero-order valence-electron chi connectivity index (χ0n) is 10.2. The number of halogens is 2. The SMILES string of the molecule is COc1cc(F)c(CN(C)CCCN)cc1F. The summed E-state index contributed by atoms with van der Waals surface area (Å²) in [7, 11) is 3.15. The van der Waals surface area contributed by atoms with Crippen molar-refractivity contribution in [2.45, 2.75) is 13.0 Å². The number of nitrogens with zero attached hydrogens (tertiary/aromatic N) is 1. The largest absolute Gasteiger partial charge is 0.494 e. The van der Waals surface area contributed by atoms with Crippen LogP contribution in [0.5, 0.6) is 5.75 Å². The molecule has 0 bridgehead atoms. The molecular formula is C12H18F2N2O. The van der Waals surface area contributed by atoms with Gasteiger partial charge in [-0.25, -0.2) is 8.78 Å². The first kappa shape index (κ1) is 13.9. The predicted molar refractivity (Wildman–Crippen MR) is 62.9 cm³/mol. The predicted octanol–water partition coefficient (Wildman–Crippen LogP) is 1.75. The Morgan fingerprint density at radius 3 is 2.59 bits per heavy atom. The molecule has 0 heterocycles. The van der Waals surface area contributed by atoms with E-state index in [2.05, 4.69) is 0 Å². The summed E-state index contributed by atoms with van der Waals surface area (Å²) in [5, 5.41) is 0. The van der Waals surface area contributed by atoms with E-state index < -0.39 is 11.6 Å². The second kappa shape index (κ2) is 6.51. The van der Waals surface area contributed by atoms with Crippen LogP contribution >= 0.6 is 0 Å². The highest BCUT2D eigenvalue weighted by Crippen LogP contribution is 2.21. The molecule has 3 nitrogen and oxygen atoms in total. The van der Waals surface area contributed by atoms with Gasteiger partial charge < -0.3 is 15.4 Å². The number of hydrogen-bond donors (Lipinski definition) is 1. The highest BCUT2D eigenvalue weighted by molar-refractivity contribution is 5.30. The zero-order valence-corrected chi connectivity index (χ0v) is 10.2. The monoisotopic (exact) mass is 244 g/mol. The van der Waals surface area contributed by atoms with E-state index in [1.807, 2.05) is 11.9 Å². The van der Waals surface area contributed by atoms with Crippen LogP contribution in [-0.4, -0.2) is 32.1 Å². The number of nitrogens with two attached hydrogens (primary N) is 1. The minimum atomic E-state index is -0.545. The van der Waals surface area contributed by atoms with Crippen LogP contribution in [0.15, 0.2) is 12.1 Å². The average Bonchev–Trinajstić information content (AvgIpc) is 2.30. The van der Waals surface area contributed by atoms with Gasteiger partial charge in [-0.3, -0.25) is 0 Å². The fourth-order valence-corrected chi connectivity index (χ4v) is 1.58. The second-order valence-electron chi connectivity index (χ2n) is 3.96. The van der Waals surface area contributed by atoms with Gasteiger partial charge in [-0.15, -0.1) is 0 Å². The second-order valence-corrected chi connectivity index (χ2v) is 3.96. The molecular weight excluding hydrogens is 226 g/mol. The Morgan fingerprint density at radius 2 is 2.00 bits per heavy atom. The van der Waals surface area contributed by atoms with E-state index in [1.54, 1.807) is 0 Å². The maximum atomic E-state index is 13.6. The lowest BCUT2D eigenvalue weighted by Gasteiger charge is -2.17. The standard InChI is InChI=1S/C12H18F2N2O/c1-16(5-3-4-15)8-9-6-11(14)12(17-2)7-10(9)13/h6-7H,3-5,8,15H2,1-2H3. The van der Waals surface area contributed by atoms with Crippen LogP contribution < -0.4 is 10.5 Å². The molecule has 1 aromatic carbocycles. The minimum Gasteiger partial charge on any atom is -0.494 e. The first-order chi connectivity index (χ1) is 8.08. The third kappa shape index (κ3) is 3.94. The Kier molecular flexibility index (Phi) is 5.31. The Morgan fingerprint density at radius 1 is 1.29 bits per heavy atom. The number of benzene rings is 1. The Bertz CT molecular complexity index is 372. The summed E-state index contributed by atoms with van der Waals surface area (Å²) in [5.74, 6) is -1.07. The molecule has 0 aliphatic rings. The molecule has 17 heavy (non-hydrogen) atoms. The summed E-state index contributed by atoms with van der Waals surface area (Å²) < 4.78 is 31.7. The maximum Gasteiger partial charge on any atom is 0.165 e. The summed E-state index contributed by atoms with van der Waals surface area (Å²) in [4.78, 5) is 1.90. The van der Waals surface area contributed by atoms with Crippen molar-refractivity contribution in [3.8, 4) is 5.75 Å². The van der Waals surface area contributed by atoms with Crippen LogP contribution in [0.2, 0.25) is 0 Å². The number of ether oxygens (including phenoxy) is 1. The van der Waals surface area contributed by atoms with Gasteiger partial charge in [0.05, 0.1) is 7.11 Å². The molecule has 5 heteroatoms. The number of methoxy groups -OCH3 is 1. The molecule has 0 atom stereocenters. The van der Waals surface area contributed by atoms with Crippen molar-refractivity contribution in [1.82, 2.24) is 4.90 Å². The highest BCUT2D eigenvalue weighted by Gasteiger charge is 2.11. The summed E-state index contributed by atoms with van der Waals surface area (Å²) in [6, 6.07) is 2.24. The summed E-state index contributed by atoms with van der Waals surface area (Å²) in [5.41, 5.74) is 5.71. The maximum absolute atomic E-state index is 13.6. The van der Waals surface area contributed by atoms with E-state index in [0.717, 1.165) is 19.0 Å². The number of rotatable bonds is 6. The zero-order chi connectivity index (χ0) is 12.8. The molecule has 0 unspecified atom stereocenters. The van der Waals surface area contributed by atoms with Gasteiger partial charge >= 0.3 is 0 Å². The van der Waals surface area contributed by atoms with Gasteiger partial charge in [0.15, 0.2) is 11.6 Å². The average molecular weight is 244 g/mol. The van der Waals surface area contributed by atoms with Gasteiger partial charge in [0.1, 0.15) is 5.82 Å². The molecule has 1 rings (SSSR count). The van der Waals surface area contributed by atoms with Crippen LogP contribution in [0, 0.1) is 11.6 Å². The third-order valence-electron chi connectivity index (χ3n) is 2.51. The minimum absolute atomic E-state index is 0.0733. The topological polar surface area (TPSA) is 38.5 Å². The van der Waals surface area contributed by atoms with Gasteiger partial charge in [-0.05, 0) is 32.6 Å². The van der Waals surface area contributed by atoms with Gasteiger partial charge in [0.2, 0.25) is 0 Å². The molecule has 0 aliphatic heterocycles. The van der Waals surface area contributed by atoms with Gasteiger partial charge in [0.25, 0.3) is 0 Å². The van der Waals surface area contributed by atoms with Gasteiger partial charge in [-0.2, -0.15) is 0 Å². The Labute approximate surface area is 100 Å². The van der Waals surface area contributed by atoms with Crippen molar-refractivity contribution < 1.29 is 13.5 Å². The first-order valence-electron chi connectivity index (χ1n) is 5.49. The summed E-state index contributed by atoms with van der Waals surface area (Å²) in [6.07, 6.45) is 0.830. The van der Waals surface area contributed by atoms with Crippen molar-refractivity contribution in [2.24, 2.45) is 5.73 Å². The van der Waals surface area contributed by atoms with E-state index >= 15 is 0 Å². The lowest BCUT2D eigenvalue weighted by molar-refractivity contribution is 0.316. The quantitative estimate of drug-likeness (QED) is 0.828. The molecule has 0 saturated heterocycles. The lowest BCUT2D eigenvalue weighted by Crippen LogP contribution is -2.22. The molecule has 2 N–H and O–H groups in total. The third-order valence-corrected chi connectivity index (χ3v) is 2.51. The molecule has 0 fully saturated rings. The molecule has 0 saturated carbocycles. The molecule has 1 aromatic rings. The van der Waals surface area contributed by atoms with Crippen LogP contribution in [-0.2, 0) is 6.54 Å². The summed E-state index contributed by atoms with van der Waals surface area (Å²) >= 11 is 0. The lowest BCUT2D eigenvalue weighted by atomic mass is 10.2. The Balaban J connectivity index is 2.74. The van der Waals surface area contributed by atoms with Crippen molar-refractivity contribution in [1.29, 1.82) is 0 Å². The molecule has 0 aliphatic carbocycles. The molecule has 96 valence electrons. The fourth-order valence-electron chi connectivity index (χ4n) is 1.58. The van der Waals surface area contributed by atoms with Crippen LogP contribution in [0.25, 0.3) is 0 Å². The molecule has 0 radical (unpaired) electrons. The molecule has 0 amide bonds. The fraction of sp³-hybridized carbons (Fsp3) is 0.500. The van der Waals surface area contributed by atoms with Crippen LogP contribution in [0.3, 0.4) is 0 Å².